The van der Waals surface area contributed by atoms with E-state index in [4.69, 9.17) is 11.6 Å². The summed E-state index contributed by atoms with van der Waals surface area (Å²) in [7, 11) is 0. The average Bonchev–Trinajstić information content (AvgIpc) is 2.63. The second kappa shape index (κ2) is 5.07. The lowest BCUT2D eigenvalue weighted by atomic mass is 9.90. The molecule has 1 aromatic carbocycles. The van der Waals surface area contributed by atoms with Gasteiger partial charge in [0.2, 0.25) is 0 Å². The Morgan fingerprint density at radius 1 is 1.50 bits per heavy atom. The molecule has 1 saturated heterocycles. The van der Waals surface area contributed by atoms with Gasteiger partial charge < -0.3 is 5.32 Å². The Labute approximate surface area is 111 Å². The van der Waals surface area contributed by atoms with Crippen LogP contribution in [-0.2, 0) is 0 Å². The van der Waals surface area contributed by atoms with Crippen molar-refractivity contribution in [2.24, 2.45) is 0 Å². The van der Waals surface area contributed by atoms with Gasteiger partial charge in [0.1, 0.15) is 0 Å². The van der Waals surface area contributed by atoms with Crippen LogP contribution in [0.25, 0.3) is 0 Å². The first kappa shape index (κ1) is 12.4. The Bertz CT molecular complexity index is 380. The lowest BCUT2D eigenvalue weighted by Crippen LogP contribution is -2.28. The van der Waals surface area contributed by atoms with Gasteiger partial charge in [0.25, 0.3) is 0 Å². The van der Waals surface area contributed by atoms with Gasteiger partial charge in [0, 0.05) is 27.5 Å². The molecule has 0 bridgehead atoms. The Morgan fingerprint density at radius 2 is 2.25 bits per heavy atom. The molecule has 1 aliphatic heterocycles. The van der Waals surface area contributed by atoms with Gasteiger partial charge in [-0.3, -0.25) is 0 Å². The highest BCUT2D eigenvalue weighted by Gasteiger charge is 2.32. The molecule has 0 aromatic heterocycles. The number of halogens is 2. The highest BCUT2D eigenvalue weighted by Crippen LogP contribution is 2.37. The van der Waals surface area contributed by atoms with Crippen LogP contribution in [0.4, 0.5) is 0 Å². The number of hydrogen-bond acceptors (Lipinski definition) is 1. The summed E-state index contributed by atoms with van der Waals surface area (Å²) >= 11 is 9.71. The van der Waals surface area contributed by atoms with Crippen LogP contribution in [0.15, 0.2) is 22.7 Å². The molecule has 0 aliphatic carbocycles. The number of rotatable bonds is 2. The van der Waals surface area contributed by atoms with Gasteiger partial charge in [-0.25, -0.2) is 0 Å². The van der Waals surface area contributed by atoms with Gasteiger partial charge in [-0.2, -0.15) is 0 Å². The molecule has 1 aromatic rings. The third kappa shape index (κ3) is 2.44. The van der Waals surface area contributed by atoms with E-state index in [-0.39, 0.29) is 0 Å². The third-order valence-corrected chi connectivity index (χ3v) is 4.35. The molecule has 3 heteroatoms. The van der Waals surface area contributed by atoms with Crippen LogP contribution in [0.1, 0.15) is 38.2 Å². The van der Waals surface area contributed by atoms with Crippen LogP contribution in [0.3, 0.4) is 0 Å². The molecule has 1 aliphatic rings. The predicted molar refractivity (Wildman–Crippen MR) is 73.2 cm³/mol. The lowest BCUT2D eigenvalue weighted by molar-refractivity contribution is 0.516. The first-order valence-electron chi connectivity index (χ1n) is 5.82. The van der Waals surface area contributed by atoms with Crippen molar-refractivity contribution in [2.75, 3.05) is 0 Å². The van der Waals surface area contributed by atoms with E-state index in [1.54, 1.807) is 0 Å². The number of nitrogens with one attached hydrogen (secondary N) is 1. The van der Waals surface area contributed by atoms with E-state index < -0.39 is 0 Å². The van der Waals surface area contributed by atoms with E-state index in [0.29, 0.717) is 18.0 Å². The van der Waals surface area contributed by atoms with Crippen molar-refractivity contribution in [2.45, 2.75) is 44.7 Å². The topological polar surface area (TPSA) is 12.0 Å². The summed E-state index contributed by atoms with van der Waals surface area (Å²) in [5, 5.41) is 4.46. The van der Waals surface area contributed by atoms with Crippen LogP contribution in [0.5, 0.6) is 0 Å². The van der Waals surface area contributed by atoms with Crippen molar-refractivity contribution in [1.29, 1.82) is 0 Å². The minimum absolute atomic E-state index is 0.574. The fourth-order valence-corrected chi connectivity index (χ4v) is 3.36. The van der Waals surface area contributed by atoms with Gasteiger partial charge in [0.15, 0.2) is 0 Å². The van der Waals surface area contributed by atoms with Gasteiger partial charge in [0.05, 0.1) is 0 Å². The van der Waals surface area contributed by atoms with Crippen molar-refractivity contribution < 1.29 is 0 Å². The maximum Gasteiger partial charge on any atom is 0.0409 e. The van der Waals surface area contributed by atoms with Gasteiger partial charge >= 0.3 is 0 Å². The summed E-state index contributed by atoms with van der Waals surface area (Å²) in [6.07, 6.45) is 2.35. The molecule has 16 heavy (non-hydrogen) atoms. The maximum atomic E-state index is 6.08. The summed E-state index contributed by atoms with van der Waals surface area (Å²) in [6.45, 7) is 4.49. The standard InChI is InChI=1S/C13H17BrClN/c1-3-13-11(6-8(2)16-13)10-7-9(15)4-5-12(10)14/h4-5,7-8,11,13,16H,3,6H2,1-2H3. The smallest absolute Gasteiger partial charge is 0.0409 e. The average molecular weight is 303 g/mol. The summed E-state index contributed by atoms with van der Waals surface area (Å²) in [5.74, 6) is 0.577. The Morgan fingerprint density at radius 3 is 2.94 bits per heavy atom. The minimum atomic E-state index is 0.574. The van der Waals surface area contributed by atoms with Crippen molar-refractivity contribution in [3.8, 4) is 0 Å². The summed E-state index contributed by atoms with van der Waals surface area (Å²) < 4.78 is 1.18. The second-order valence-electron chi connectivity index (χ2n) is 4.59. The van der Waals surface area contributed by atoms with Crippen molar-refractivity contribution in [1.82, 2.24) is 5.32 Å². The minimum Gasteiger partial charge on any atom is -0.311 e. The Balaban J connectivity index is 2.32. The molecule has 1 heterocycles. The Kier molecular flexibility index (Phi) is 3.93. The molecule has 3 unspecified atom stereocenters. The zero-order valence-electron chi connectivity index (χ0n) is 9.63. The molecular weight excluding hydrogens is 286 g/mol. The molecule has 2 rings (SSSR count). The first-order chi connectivity index (χ1) is 7.61. The Hall–Kier alpha value is -0.0500. The molecule has 1 fully saturated rings. The van der Waals surface area contributed by atoms with Crippen molar-refractivity contribution >= 4 is 27.5 Å². The summed E-state index contributed by atoms with van der Waals surface area (Å²) in [6, 6.07) is 7.25. The highest BCUT2D eigenvalue weighted by molar-refractivity contribution is 9.10. The highest BCUT2D eigenvalue weighted by atomic mass is 79.9. The van der Waals surface area contributed by atoms with Gasteiger partial charge in [-0.05, 0) is 43.5 Å². The maximum absolute atomic E-state index is 6.08. The van der Waals surface area contributed by atoms with Crippen LogP contribution in [-0.4, -0.2) is 12.1 Å². The van der Waals surface area contributed by atoms with E-state index in [1.807, 2.05) is 12.1 Å². The lowest BCUT2D eigenvalue weighted by Gasteiger charge is -2.19. The van der Waals surface area contributed by atoms with E-state index >= 15 is 0 Å². The second-order valence-corrected chi connectivity index (χ2v) is 5.88. The van der Waals surface area contributed by atoms with E-state index in [1.165, 1.54) is 16.5 Å². The monoisotopic (exact) mass is 301 g/mol. The summed E-state index contributed by atoms with van der Waals surface area (Å²) in [5.41, 5.74) is 1.34. The van der Waals surface area contributed by atoms with Crippen LogP contribution < -0.4 is 5.32 Å². The largest absolute Gasteiger partial charge is 0.311 e. The van der Waals surface area contributed by atoms with Crippen molar-refractivity contribution in [3.05, 3.63) is 33.3 Å². The fourth-order valence-electron chi connectivity index (χ4n) is 2.64. The van der Waals surface area contributed by atoms with E-state index in [2.05, 4.69) is 41.2 Å². The normalized spacial score (nSPS) is 29.6. The zero-order valence-corrected chi connectivity index (χ0v) is 12.0. The fraction of sp³-hybridized carbons (Fsp3) is 0.538. The number of benzene rings is 1. The molecule has 1 N–H and O–H groups in total. The molecule has 0 radical (unpaired) electrons. The first-order valence-corrected chi connectivity index (χ1v) is 7.00. The molecular formula is C13H17BrClN. The SMILES string of the molecule is CCC1NC(C)CC1c1cc(Cl)ccc1Br. The zero-order chi connectivity index (χ0) is 11.7. The quantitative estimate of drug-likeness (QED) is 0.856. The van der Waals surface area contributed by atoms with Crippen LogP contribution >= 0.6 is 27.5 Å². The van der Waals surface area contributed by atoms with Crippen LogP contribution in [0, 0.1) is 0 Å². The molecule has 0 amide bonds. The molecule has 88 valence electrons. The molecule has 0 saturated carbocycles. The molecule has 0 spiro atoms. The van der Waals surface area contributed by atoms with Crippen molar-refractivity contribution in [3.63, 3.8) is 0 Å². The van der Waals surface area contributed by atoms with E-state index in [9.17, 15) is 0 Å². The van der Waals surface area contributed by atoms with Gasteiger partial charge in [-0.15, -0.1) is 0 Å². The van der Waals surface area contributed by atoms with Crippen LogP contribution in [0.2, 0.25) is 5.02 Å². The summed E-state index contributed by atoms with van der Waals surface area (Å²) in [4.78, 5) is 0. The third-order valence-electron chi connectivity index (χ3n) is 3.39. The predicted octanol–water partition coefficient (Wildman–Crippen LogP) is 4.35. The number of hydrogen-bond donors (Lipinski definition) is 1. The van der Waals surface area contributed by atoms with Gasteiger partial charge in [-0.1, -0.05) is 34.5 Å². The van der Waals surface area contributed by atoms with E-state index in [0.717, 1.165) is 11.4 Å². The molecule has 1 nitrogen and oxygen atoms in total. The molecule has 3 atom stereocenters.